The van der Waals surface area contributed by atoms with Crippen LogP contribution in [0.25, 0.3) is 11.1 Å². The summed E-state index contributed by atoms with van der Waals surface area (Å²) in [7, 11) is 0. The van der Waals surface area contributed by atoms with E-state index in [9.17, 15) is 4.79 Å². The zero-order valence-corrected chi connectivity index (χ0v) is 18.2. The largest absolute Gasteiger partial charge is 0.416 e. The summed E-state index contributed by atoms with van der Waals surface area (Å²) in [6.07, 6.45) is 0.489. The van der Waals surface area contributed by atoms with Crippen molar-refractivity contribution >= 4 is 34.7 Å². The topological polar surface area (TPSA) is 80.9 Å². The quantitative estimate of drug-likeness (QED) is 0.401. The van der Waals surface area contributed by atoms with Crippen LogP contribution < -0.4 is 5.32 Å². The Balaban J connectivity index is 1.40. The van der Waals surface area contributed by atoms with Gasteiger partial charge >= 0.3 is 0 Å². The van der Waals surface area contributed by atoms with Crippen LogP contribution in [-0.4, -0.2) is 26.3 Å². The van der Waals surface area contributed by atoms with Gasteiger partial charge in [-0.05, 0) is 25.5 Å². The minimum atomic E-state index is -0.399. The second-order valence-electron chi connectivity index (χ2n) is 6.66. The van der Waals surface area contributed by atoms with E-state index in [1.54, 1.807) is 11.3 Å². The summed E-state index contributed by atoms with van der Waals surface area (Å²) >= 11 is 2.83. The molecule has 0 bridgehead atoms. The van der Waals surface area contributed by atoms with Gasteiger partial charge in [-0.1, -0.05) is 60.3 Å². The first-order chi connectivity index (χ1) is 14.6. The summed E-state index contributed by atoms with van der Waals surface area (Å²) in [5.74, 6) is 0.364. The third kappa shape index (κ3) is 4.95. The molecule has 2 heterocycles. The fourth-order valence-electron chi connectivity index (χ4n) is 2.90. The van der Waals surface area contributed by atoms with Crippen LogP contribution in [0.2, 0.25) is 0 Å². The normalized spacial score (nSPS) is 11.9. The lowest BCUT2D eigenvalue weighted by Crippen LogP contribution is -2.22. The maximum Gasteiger partial charge on any atom is 0.277 e. The van der Waals surface area contributed by atoms with E-state index >= 15 is 0 Å². The van der Waals surface area contributed by atoms with E-state index in [0.717, 1.165) is 27.5 Å². The molecule has 4 aromatic rings. The molecular weight excluding hydrogens is 416 g/mol. The lowest BCUT2D eigenvalue weighted by atomic mass is 10.0. The maximum absolute atomic E-state index is 12.8. The summed E-state index contributed by atoms with van der Waals surface area (Å²) in [6, 6.07) is 17.7. The summed E-state index contributed by atoms with van der Waals surface area (Å²) in [5.41, 5.74) is 3.70. The number of aromatic nitrogens is 3. The van der Waals surface area contributed by atoms with Crippen molar-refractivity contribution in [1.82, 2.24) is 15.2 Å². The van der Waals surface area contributed by atoms with Crippen molar-refractivity contribution < 1.29 is 9.21 Å². The van der Waals surface area contributed by atoms with E-state index in [1.165, 1.54) is 11.8 Å². The van der Waals surface area contributed by atoms with Gasteiger partial charge in [-0.2, -0.15) is 0 Å². The number of nitrogens with one attached hydrogen (secondary N) is 1. The fraction of sp³-hybridized carbons (Fsp3) is 0.182. The Morgan fingerprint density at radius 3 is 2.67 bits per heavy atom. The Morgan fingerprint density at radius 2 is 1.90 bits per heavy atom. The molecule has 0 saturated heterocycles. The Labute approximate surface area is 182 Å². The number of nitrogens with zero attached hydrogens (tertiary/aromatic N) is 3. The second kappa shape index (κ2) is 9.23. The summed E-state index contributed by atoms with van der Waals surface area (Å²) in [6.45, 7) is 3.78. The SMILES string of the molecule is Cc1nc(Cc2nnc(SC(C)C(=O)Nc3ccccc3-c3ccccc3)o2)cs1. The molecule has 30 heavy (non-hydrogen) atoms. The van der Waals surface area contributed by atoms with Crippen LogP contribution in [0.4, 0.5) is 5.69 Å². The molecule has 0 aliphatic rings. The molecule has 2 aromatic heterocycles. The van der Waals surface area contributed by atoms with Crippen molar-refractivity contribution in [2.45, 2.75) is 30.7 Å². The molecule has 152 valence electrons. The first-order valence-electron chi connectivity index (χ1n) is 9.44. The molecule has 4 rings (SSSR count). The van der Waals surface area contributed by atoms with Gasteiger partial charge in [0.15, 0.2) is 0 Å². The molecule has 0 fully saturated rings. The highest BCUT2D eigenvalue weighted by Gasteiger charge is 2.20. The lowest BCUT2D eigenvalue weighted by molar-refractivity contribution is -0.115. The molecular formula is C22H20N4O2S2. The van der Waals surface area contributed by atoms with Gasteiger partial charge in [0, 0.05) is 16.6 Å². The summed E-state index contributed by atoms with van der Waals surface area (Å²) in [4.78, 5) is 17.2. The second-order valence-corrected chi connectivity index (χ2v) is 9.01. The Hall–Kier alpha value is -2.97. The van der Waals surface area contributed by atoms with Gasteiger partial charge < -0.3 is 9.73 Å². The average molecular weight is 437 g/mol. The standard InChI is InChI=1S/C22H20N4O2S2/c1-14(30-22-26-25-20(28-22)12-17-13-29-15(2)23-17)21(27)24-19-11-7-6-10-18(19)16-8-4-3-5-9-16/h3-11,13-14H,12H2,1-2H3,(H,24,27). The highest BCUT2D eigenvalue weighted by Crippen LogP contribution is 2.29. The third-order valence-corrected chi connectivity index (χ3v) is 6.12. The van der Waals surface area contributed by atoms with E-state index in [2.05, 4.69) is 20.5 Å². The predicted molar refractivity (Wildman–Crippen MR) is 120 cm³/mol. The van der Waals surface area contributed by atoms with E-state index in [1.807, 2.05) is 73.8 Å². The lowest BCUT2D eigenvalue weighted by Gasteiger charge is -2.14. The number of rotatable bonds is 7. The highest BCUT2D eigenvalue weighted by atomic mass is 32.2. The summed E-state index contributed by atoms with van der Waals surface area (Å²) in [5, 5.41) is 14.1. The van der Waals surface area contributed by atoms with Gasteiger partial charge in [-0.15, -0.1) is 21.5 Å². The van der Waals surface area contributed by atoms with E-state index in [0.29, 0.717) is 17.5 Å². The van der Waals surface area contributed by atoms with Crippen molar-refractivity contribution in [2.75, 3.05) is 5.32 Å². The number of carbonyl (C=O) groups is 1. The molecule has 0 aliphatic carbocycles. The zero-order valence-electron chi connectivity index (χ0n) is 16.5. The van der Waals surface area contributed by atoms with Gasteiger partial charge in [-0.3, -0.25) is 4.79 Å². The summed E-state index contributed by atoms with van der Waals surface area (Å²) < 4.78 is 5.69. The Morgan fingerprint density at radius 1 is 1.13 bits per heavy atom. The first-order valence-corrected chi connectivity index (χ1v) is 11.2. The Bertz CT molecular complexity index is 1140. The van der Waals surface area contributed by atoms with Gasteiger partial charge in [0.1, 0.15) is 0 Å². The number of thiazole rings is 1. The van der Waals surface area contributed by atoms with Crippen molar-refractivity contribution in [3.8, 4) is 11.1 Å². The monoisotopic (exact) mass is 436 g/mol. The van der Waals surface area contributed by atoms with Gasteiger partial charge in [-0.25, -0.2) is 4.98 Å². The van der Waals surface area contributed by atoms with Gasteiger partial charge in [0.2, 0.25) is 11.8 Å². The average Bonchev–Trinajstić information content (AvgIpc) is 3.37. The molecule has 1 atom stereocenters. The van der Waals surface area contributed by atoms with Crippen LogP contribution in [0.1, 0.15) is 23.5 Å². The number of para-hydroxylation sites is 1. The van der Waals surface area contributed by atoms with Gasteiger partial charge in [0.05, 0.1) is 22.4 Å². The predicted octanol–water partition coefficient (Wildman–Crippen LogP) is 5.21. The molecule has 0 aliphatic heterocycles. The van der Waals surface area contributed by atoms with E-state index in [-0.39, 0.29) is 5.91 Å². The fourth-order valence-corrected chi connectivity index (χ4v) is 4.22. The number of thioether (sulfide) groups is 1. The highest BCUT2D eigenvalue weighted by molar-refractivity contribution is 8.00. The zero-order chi connectivity index (χ0) is 20.9. The van der Waals surface area contributed by atoms with Crippen molar-refractivity contribution in [2.24, 2.45) is 0 Å². The van der Waals surface area contributed by atoms with Crippen LogP contribution in [-0.2, 0) is 11.2 Å². The van der Waals surface area contributed by atoms with Crippen LogP contribution in [0.3, 0.4) is 0 Å². The van der Waals surface area contributed by atoms with E-state index < -0.39 is 5.25 Å². The van der Waals surface area contributed by atoms with E-state index in [4.69, 9.17) is 4.42 Å². The molecule has 1 N–H and O–H groups in total. The molecule has 1 unspecified atom stereocenters. The number of aryl methyl sites for hydroxylation is 1. The van der Waals surface area contributed by atoms with Gasteiger partial charge in [0.25, 0.3) is 5.22 Å². The van der Waals surface area contributed by atoms with Crippen LogP contribution >= 0.6 is 23.1 Å². The van der Waals surface area contributed by atoms with Crippen molar-refractivity contribution in [1.29, 1.82) is 0 Å². The molecule has 0 spiro atoms. The minimum absolute atomic E-state index is 0.127. The number of anilines is 1. The molecule has 1 amide bonds. The van der Waals surface area contributed by atoms with Crippen molar-refractivity contribution in [3.05, 3.63) is 76.6 Å². The van der Waals surface area contributed by atoms with Crippen LogP contribution in [0.15, 0.2) is 69.6 Å². The third-order valence-electron chi connectivity index (χ3n) is 4.36. The number of carbonyl (C=O) groups excluding carboxylic acids is 1. The minimum Gasteiger partial charge on any atom is -0.416 e. The molecule has 2 aromatic carbocycles. The molecule has 0 radical (unpaired) electrons. The first kappa shape index (κ1) is 20.3. The number of amides is 1. The van der Waals surface area contributed by atoms with Crippen molar-refractivity contribution in [3.63, 3.8) is 0 Å². The van der Waals surface area contributed by atoms with Crippen LogP contribution in [0, 0.1) is 6.92 Å². The maximum atomic E-state index is 12.8. The Kier molecular flexibility index (Phi) is 6.25. The molecule has 0 saturated carbocycles. The molecule has 6 nitrogen and oxygen atoms in total. The number of hydrogen-bond acceptors (Lipinski definition) is 7. The molecule has 8 heteroatoms. The smallest absolute Gasteiger partial charge is 0.277 e. The number of hydrogen-bond donors (Lipinski definition) is 1. The van der Waals surface area contributed by atoms with Crippen LogP contribution in [0.5, 0.6) is 0 Å². The number of benzene rings is 2.